The van der Waals surface area contributed by atoms with Gasteiger partial charge in [-0.15, -0.1) is 6.42 Å². The largest absolute Gasteiger partial charge is 0.481 e. The smallest absolute Gasteiger partial charge is 0.305 e. The third-order valence-corrected chi connectivity index (χ3v) is 5.55. The number of nitrogens with zero attached hydrogens (tertiary/aromatic N) is 1. The average Bonchev–Trinajstić information content (AvgIpc) is 2.85. The minimum absolute atomic E-state index is 0.0368. The molecule has 1 atom stereocenters. The molecule has 0 heterocycles. The molecule has 0 saturated carbocycles. The van der Waals surface area contributed by atoms with Gasteiger partial charge in [0, 0.05) is 23.2 Å². The zero-order chi connectivity index (χ0) is 25.5. The van der Waals surface area contributed by atoms with Gasteiger partial charge in [-0.25, -0.2) is 0 Å². The Morgan fingerprint density at radius 3 is 2.23 bits per heavy atom. The first-order valence-corrected chi connectivity index (χ1v) is 11.0. The molecular weight excluding hydrogens is 442 g/mol. The van der Waals surface area contributed by atoms with Gasteiger partial charge in [-0.05, 0) is 61.4 Å². The third-order valence-electron chi connectivity index (χ3n) is 5.55. The molecule has 0 fully saturated rings. The normalized spacial score (nSPS) is 11.2. The van der Waals surface area contributed by atoms with Crippen LogP contribution in [-0.2, 0) is 4.79 Å². The van der Waals surface area contributed by atoms with Crippen LogP contribution in [0.1, 0.15) is 45.1 Å². The minimum Gasteiger partial charge on any atom is -0.481 e. The number of terminal acetylenes is 1. The summed E-state index contributed by atoms with van der Waals surface area (Å²) in [6.07, 6.45) is 4.81. The molecular formula is C28H27N3O4. The van der Waals surface area contributed by atoms with Crippen molar-refractivity contribution in [1.82, 2.24) is 0 Å². The molecule has 35 heavy (non-hydrogen) atoms. The topological polar surface area (TPSA) is 117 Å². The molecule has 7 heteroatoms. The van der Waals surface area contributed by atoms with Crippen LogP contribution in [0, 0.1) is 31.6 Å². The molecule has 0 radical (unpaired) electrons. The van der Waals surface area contributed by atoms with Crippen molar-refractivity contribution in [1.29, 1.82) is 5.41 Å². The lowest BCUT2D eigenvalue weighted by Gasteiger charge is -2.30. The predicted octanol–water partition coefficient (Wildman–Crippen LogP) is 4.46. The van der Waals surface area contributed by atoms with E-state index in [1.807, 2.05) is 26.0 Å². The van der Waals surface area contributed by atoms with Gasteiger partial charge < -0.3 is 20.5 Å². The van der Waals surface area contributed by atoms with Crippen LogP contribution in [0.5, 0.6) is 5.75 Å². The van der Waals surface area contributed by atoms with Crippen molar-refractivity contribution >= 4 is 23.4 Å². The number of carboxylic acid groups (broad SMARTS) is 1. The fraction of sp³-hybridized carbons (Fsp3) is 0.179. The highest BCUT2D eigenvalue weighted by atomic mass is 16.5. The number of hydrogen-bond acceptors (Lipinski definition) is 4. The molecule has 0 spiro atoms. The van der Waals surface area contributed by atoms with Gasteiger partial charge in [0.2, 0.25) is 0 Å². The summed E-state index contributed by atoms with van der Waals surface area (Å²) in [5.74, 6) is 1.73. The van der Waals surface area contributed by atoms with E-state index < -0.39 is 12.1 Å². The Morgan fingerprint density at radius 2 is 1.66 bits per heavy atom. The number of amides is 1. The number of nitrogens with two attached hydrogens (primary N) is 1. The quantitative estimate of drug-likeness (QED) is 0.243. The van der Waals surface area contributed by atoms with Crippen LogP contribution in [0.3, 0.4) is 0 Å². The zero-order valence-electron chi connectivity index (χ0n) is 19.6. The lowest BCUT2D eigenvalue weighted by Crippen LogP contribution is -2.35. The van der Waals surface area contributed by atoms with Crippen LogP contribution < -0.4 is 15.4 Å². The van der Waals surface area contributed by atoms with Gasteiger partial charge in [0.1, 0.15) is 11.6 Å². The second-order valence-electron chi connectivity index (χ2n) is 8.03. The molecule has 0 saturated heterocycles. The monoisotopic (exact) mass is 469 g/mol. The number of carboxylic acids is 1. The van der Waals surface area contributed by atoms with Gasteiger partial charge in [-0.1, -0.05) is 36.3 Å². The Kier molecular flexibility index (Phi) is 7.90. The molecule has 0 aliphatic rings. The van der Waals surface area contributed by atoms with E-state index in [2.05, 4.69) is 5.92 Å². The summed E-state index contributed by atoms with van der Waals surface area (Å²) < 4.78 is 6.12. The zero-order valence-corrected chi connectivity index (χ0v) is 19.6. The number of rotatable bonds is 9. The maximum Gasteiger partial charge on any atom is 0.305 e. The number of nitrogen functional groups attached to an aromatic ring is 1. The van der Waals surface area contributed by atoms with Crippen molar-refractivity contribution in [2.24, 2.45) is 5.73 Å². The number of carbonyl (C=O) groups is 2. The van der Waals surface area contributed by atoms with E-state index in [1.54, 1.807) is 54.6 Å². The van der Waals surface area contributed by atoms with Gasteiger partial charge in [0.25, 0.3) is 5.91 Å². The number of carbonyl (C=O) groups excluding carboxylic acids is 1. The molecule has 0 bridgehead atoms. The molecule has 3 aromatic carbocycles. The molecule has 0 aliphatic heterocycles. The summed E-state index contributed by atoms with van der Waals surface area (Å²) in [6, 6.07) is 19.1. The number of aliphatic carboxylic acids is 1. The minimum atomic E-state index is -1.02. The van der Waals surface area contributed by atoms with Crippen LogP contribution in [-0.4, -0.2) is 29.4 Å². The van der Waals surface area contributed by atoms with E-state index in [-0.39, 0.29) is 24.7 Å². The fourth-order valence-corrected chi connectivity index (χ4v) is 3.79. The van der Waals surface area contributed by atoms with E-state index in [0.29, 0.717) is 28.1 Å². The van der Waals surface area contributed by atoms with Crippen molar-refractivity contribution in [3.63, 3.8) is 0 Å². The van der Waals surface area contributed by atoms with E-state index in [4.69, 9.17) is 22.3 Å². The van der Waals surface area contributed by atoms with Gasteiger partial charge in [0.15, 0.2) is 6.10 Å². The Balaban J connectivity index is 2.10. The summed E-state index contributed by atoms with van der Waals surface area (Å²) in [5.41, 5.74) is 9.21. The number of ether oxygens (including phenoxy) is 1. The summed E-state index contributed by atoms with van der Waals surface area (Å²) in [4.78, 5) is 26.4. The summed E-state index contributed by atoms with van der Waals surface area (Å²) in [6.45, 7) is 3.68. The number of amidine groups is 1. The number of aryl methyl sites for hydroxylation is 2. The van der Waals surface area contributed by atoms with Gasteiger partial charge in [-0.3, -0.25) is 15.0 Å². The van der Waals surface area contributed by atoms with Gasteiger partial charge >= 0.3 is 5.97 Å². The molecule has 178 valence electrons. The number of nitrogens with one attached hydrogen (secondary N) is 1. The molecule has 0 aliphatic carbocycles. The second kappa shape index (κ2) is 11.0. The average molecular weight is 470 g/mol. The lowest BCUT2D eigenvalue weighted by molar-refractivity contribution is -0.136. The molecule has 7 nitrogen and oxygen atoms in total. The van der Waals surface area contributed by atoms with E-state index in [1.165, 1.54) is 4.90 Å². The van der Waals surface area contributed by atoms with Crippen molar-refractivity contribution in [3.05, 3.63) is 94.5 Å². The Hall–Kier alpha value is -4.57. The van der Waals surface area contributed by atoms with Crippen molar-refractivity contribution in [3.8, 4) is 18.1 Å². The summed E-state index contributed by atoms with van der Waals surface area (Å²) in [7, 11) is 0. The van der Waals surface area contributed by atoms with Crippen molar-refractivity contribution < 1.29 is 19.4 Å². The molecule has 3 aromatic rings. The number of benzene rings is 3. The lowest BCUT2D eigenvalue weighted by atomic mass is 9.96. The van der Waals surface area contributed by atoms with Crippen LogP contribution in [0.25, 0.3) is 0 Å². The fourth-order valence-electron chi connectivity index (χ4n) is 3.79. The molecule has 1 unspecified atom stereocenters. The number of anilines is 1. The van der Waals surface area contributed by atoms with Crippen LogP contribution in [0.2, 0.25) is 0 Å². The standard InChI is InChI=1S/C28H27N3O4/c1-4-23(35-22-14-12-20(13-15-22)27(29)30)25-18(2)10-11-19(3)26(25)31(17-16-24(32)33)28(34)21-8-6-5-7-9-21/h1,5-15,23H,16-17H2,2-3H3,(H3,29,30)(H,32,33). The Labute approximate surface area is 204 Å². The molecule has 1 amide bonds. The highest BCUT2D eigenvalue weighted by Crippen LogP contribution is 2.36. The highest BCUT2D eigenvalue weighted by molar-refractivity contribution is 6.07. The SMILES string of the molecule is C#CC(Oc1ccc(C(=N)N)cc1)c1c(C)ccc(C)c1N(CCC(=O)O)C(=O)c1ccccc1. The van der Waals surface area contributed by atoms with Gasteiger partial charge in [-0.2, -0.15) is 0 Å². The first-order chi connectivity index (χ1) is 16.7. The van der Waals surface area contributed by atoms with E-state index in [0.717, 1.165) is 11.1 Å². The first-order valence-electron chi connectivity index (χ1n) is 11.0. The number of hydrogen-bond donors (Lipinski definition) is 3. The summed E-state index contributed by atoms with van der Waals surface area (Å²) >= 11 is 0. The Bertz CT molecular complexity index is 1280. The molecule has 4 N–H and O–H groups in total. The van der Waals surface area contributed by atoms with Crippen molar-refractivity contribution in [2.45, 2.75) is 26.4 Å². The third kappa shape index (κ3) is 5.87. The Morgan fingerprint density at radius 1 is 1.03 bits per heavy atom. The maximum absolute atomic E-state index is 13.6. The predicted molar refractivity (Wildman–Crippen MR) is 136 cm³/mol. The van der Waals surface area contributed by atoms with Gasteiger partial charge in [0.05, 0.1) is 12.1 Å². The van der Waals surface area contributed by atoms with Crippen molar-refractivity contribution in [2.75, 3.05) is 11.4 Å². The van der Waals surface area contributed by atoms with Crippen LogP contribution in [0.15, 0.2) is 66.7 Å². The van der Waals surface area contributed by atoms with Crippen LogP contribution in [0.4, 0.5) is 5.69 Å². The molecule has 0 aromatic heterocycles. The van der Waals surface area contributed by atoms with E-state index >= 15 is 0 Å². The first kappa shape index (κ1) is 25.1. The molecule has 3 rings (SSSR count). The van der Waals surface area contributed by atoms with E-state index in [9.17, 15) is 14.7 Å². The highest BCUT2D eigenvalue weighted by Gasteiger charge is 2.28. The maximum atomic E-state index is 13.6. The van der Waals surface area contributed by atoms with Crippen LogP contribution >= 0.6 is 0 Å². The summed E-state index contributed by atoms with van der Waals surface area (Å²) in [5, 5.41) is 16.9. The second-order valence-corrected chi connectivity index (χ2v) is 8.03.